The quantitative estimate of drug-likeness (QED) is 0.477. The summed E-state index contributed by atoms with van der Waals surface area (Å²) >= 11 is 1.30. The fraction of sp³-hybridized carbons (Fsp3) is 0.227. The van der Waals surface area contributed by atoms with Crippen LogP contribution in [0, 0.1) is 0 Å². The lowest BCUT2D eigenvalue weighted by Gasteiger charge is -2.30. The number of carbonyl (C=O) groups is 4. The lowest BCUT2D eigenvalue weighted by atomic mass is 9.94. The van der Waals surface area contributed by atoms with Crippen molar-refractivity contribution in [2.75, 3.05) is 19.0 Å². The van der Waals surface area contributed by atoms with Crippen molar-refractivity contribution in [3.63, 3.8) is 0 Å². The highest BCUT2D eigenvalue weighted by molar-refractivity contribution is 7.22. The van der Waals surface area contributed by atoms with E-state index in [9.17, 15) is 19.2 Å². The van der Waals surface area contributed by atoms with Gasteiger partial charge in [-0.1, -0.05) is 29.5 Å². The van der Waals surface area contributed by atoms with Gasteiger partial charge in [0, 0.05) is 12.1 Å². The SMILES string of the molecule is COc1ccc2c(c1)C(=O)N(CC1(CC(=O)Nc3nc4ccccc4s3)NC(=O)NC1=O)C2. The summed E-state index contributed by atoms with van der Waals surface area (Å²) in [7, 11) is 1.51. The second kappa shape index (κ2) is 7.85. The fourth-order valence-corrected chi connectivity index (χ4v) is 4.99. The molecule has 0 saturated carbocycles. The number of benzene rings is 2. The van der Waals surface area contributed by atoms with Crippen molar-refractivity contribution in [1.82, 2.24) is 20.5 Å². The molecule has 5 rings (SSSR count). The molecule has 10 nitrogen and oxygen atoms in total. The molecule has 1 aromatic heterocycles. The predicted octanol–water partition coefficient (Wildman–Crippen LogP) is 1.87. The Labute approximate surface area is 191 Å². The summed E-state index contributed by atoms with van der Waals surface area (Å²) < 4.78 is 6.10. The van der Waals surface area contributed by atoms with Gasteiger partial charge in [-0.15, -0.1) is 0 Å². The summed E-state index contributed by atoms with van der Waals surface area (Å²) in [5.74, 6) is -0.921. The number of methoxy groups -OCH3 is 1. The molecular formula is C22H19N5O5S. The number of amides is 5. The van der Waals surface area contributed by atoms with Crippen LogP contribution in [0.4, 0.5) is 9.93 Å². The lowest BCUT2D eigenvalue weighted by molar-refractivity contribution is -0.128. The Morgan fingerprint density at radius 1 is 1.24 bits per heavy atom. The van der Waals surface area contributed by atoms with Crippen LogP contribution in [-0.2, 0) is 16.1 Å². The molecule has 11 heteroatoms. The molecule has 1 unspecified atom stereocenters. The van der Waals surface area contributed by atoms with Gasteiger partial charge in [0.05, 0.1) is 30.3 Å². The molecule has 0 aliphatic carbocycles. The van der Waals surface area contributed by atoms with Gasteiger partial charge in [-0.25, -0.2) is 9.78 Å². The van der Waals surface area contributed by atoms with E-state index >= 15 is 0 Å². The molecule has 1 atom stereocenters. The number of thiazole rings is 1. The van der Waals surface area contributed by atoms with Crippen LogP contribution in [0.5, 0.6) is 5.75 Å². The van der Waals surface area contributed by atoms with Crippen molar-refractivity contribution in [2.45, 2.75) is 18.5 Å². The number of hydrogen-bond acceptors (Lipinski definition) is 7. The van der Waals surface area contributed by atoms with Crippen molar-refractivity contribution < 1.29 is 23.9 Å². The van der Waals surface area contributed by atoms with E-state index in [0.717, 1.165) is 15.8 Å². The Bertz CT molecular complexity index is 1290. The summed E-state index contributed by atoms with van der Waals surface area (Å²) in [5, 5.41) is 7.84. The maximum absolute atomic E-state index is 13.0. The molecule has 0 radical (unpaired) electrons. The molecule has 33 heavy (non-hydrogen) atoms. The van der Waals surface area contributed by atoms with Crippen LogP contribution in [-0.4, -0.2) is 52.8 Å². The van der Waals surface area contributed by atoms with Crippen LogP contribution in [0.15, 0.2) is 42.5 Å². The fourth-order valence-electron chi connectivity index (χ4n) is 4.10. The van der Waals surface area contributed by atoms with Crippen LogP contribution in [0.1, 0.15) is 22.3 Å². The second-order valence-corrected chi connectivity index (χ2v) is 8.92. The molecule has 2 aliphatic heterocycles. The third kappa shape index (κ3) is 3.76. The van der Waals surface area contributed by atoms with E-state index in [-0.39, 0.29) is 25.4 Å². The average molecular weight is 465 g/mol. The number of urea groups is 1. The maximum atomic E-state index is 13.0. The Morgan fingerprint density at radius 3 is 2.79 bits per heavy atom. The standard InChI is InChI=1S/C22H19N5O5S/c1-32-13-7-6-12-10-27(18(29)14(12)8-13)11-22(19(30)25-20(31)26-22)9-17(28)24-21-23-15-4-2-3-5-16(15)33-21/h2-8H,9-11H2,1H3,(H,23,24,28)(H2,25,26,30,31). The number of ether oxygens (including phenoxy) is 1. The van der Waals surface area contributed by atoms with Crippen LogP contribution in [0.25, 0.3) is 10.2 Å². The third-order valence-electron chi connectivity index (χ3n) is 5.67. The number of rotatable bonds is 6. The highest BCUT2D eigenvalue weighted by atomic mass is 32.1. The molecule has 2 aromatic carbocycles. The first kappa shape index (κ1) is 20.9. The van der Waals surface area contributed by atoms with E-state index in [1.807, 2.05) is 24.3 Å². The Balaban J connectivity index is 1.36. The van der Waals surface area contributed by atoms with E-state index < -0.39 is 23.4 Å². The van der Waals surface area contributed by atoms with Gasteiger partial charge in [0.15, 0.2) is 5.13 Å². The van der Waals surface area contributed by atoms with Crippen molar-refractivity contribution in [3.8, 4) is 5.75 Å². The first-order valence-corrected chi connectivity index (χ1v) is 10.9. The van der Waals surface area contributed by atoms with Crippen LogP contribution >= 0.6 is 11.3 Å². The number of carbonyl (C=O) groups excluding carboxylic acids is 4. The second-order valence-electron chi connectivity index (χ2n) is 7.89. The average Bonchev–Trinajstić information content (AvgIpc) is 3.41. The number of hydrogen-bond donors (Lipinski definition) is 3. The minimum atomic E-state index is -1.60. The summed E-state index contributed by atoms with van der Waals surface area (Å²) in [4.78, 5) is 56.4. The summed E-state index contributed by atoms with van der Waals surface area (Å²) in [6.45, 7) is 0.0935. The van der Waals surface area contributed by atoms with Crippen molar-refractivity contribution in [2.24, 2.45) is 0 Å². The third-order valence-corrected chi connectivity index (χ3v) is 6.63. The van der Waals surface area contributed by atoms with Gasteiger partial charge < -0.3 is 20.3 Å². The van der Waals surface area contributed by atoms with E-state index in [4.69, 9.17) is 4.74 Å². The molecule has 1 saturated heterocycles. The van der Waals surface area contributed by atoms with Gasteiger partial charge in [-0.3, -0.25) is 19.7 Å². The zero-order valence-corrected chi connectivity index (χ0v) is 18.3. The molecule has 3 aromatic rings. The summed E-state index contributed by atoms with van der Waals surface area (Å²) in [6, 6.07) is 11.9. The number of nitrogens with zero attached hydrogens (tertiary/aromatic N) is 2. The van der Waals surface area contributed by atoms with Gasteiger partial charge in [0.1, 0.15) is 11.3 Å². The number of imide groups is 1. The molecule has 0 bridgehead atoms. The highest BCUT2D eigenvalue weighted by Gasteiger charge is 2.50. The highest BCUT2D eigenvalue weighted by Crippen LogP contribution is 2.30. The van der Waals surface area contributed by atoms with Gasteiger partial charge in [0.25, 0.3) is 11.8 Å². The molecule has 5 amide bonds. The number of nitrogens with one attached hydrogen (secondary N) is 3. The van der Waals surface area contributed by atoms with E-state index in [0.29, 0.717) is 16.4 Å². The monoisotopic (exact) mass is 465 g/mol. The van der Waals surface area contributed by atoms with E-state index in [2.05, 4.69) is 20.9 Å². The Kier molecular flexibility index (Phi) is 4.97. The van der Waals surface area contributed by atoms with E-state index in [1.54, 1.807) is 18.2 Å². The molecule has 1 fully saturated rings. The van der Waals surface area contributed by atoms with Crippen LogP contribution < -0.4 is 20.7 Å². The zero-order chi connectivity index (χ0) is 23.2. The normalized spacial score (nSPS) is 19.4. The summed E-state index contributed by atoms with van der Waals surface area (Å²) in [6.07, 6.45) is -0.357. The van der Waals surface area contributed by atoms with E-state index in [1.165, 1.54) is 23.3 Å². The number of fused-ring (bicyclic) bond motifs is 2. The first-order valence-electron chi connectivity index (χ1n) is 10.1. The largest absolute Gasteiger partial charge is 0.497 e. The van der Waals surface area contributed by atoms with Gasteiger partial charge in [0.2, 0.25) is 5.91 Å². The Morgan fingerprint density at radius 2 is 2.06 bits per heavy atom. The first-order chi connectivity index (χ1) is 15.9. The number of aromatic nitrogens is 1. The summed E-state index contributed by atoms with van der Waals surface area (Å²) in [5.41, 5.74) is 0.391. The van der Waals surface area contributed by atoms with Crippen molar-refractivity contribution >= 4 is 50.4 Å². The van der Waals surface area contributed by atoms with Crippen molar-refractivity contribution in [1.29, 1.82) is 0 Å². The predicted molar refractivity (Wildman–Crippen MR) is 120 cm³/mol. The topological polar surface area (TPSA) is 130 Å². The van der Waals surface area contributed by atoms with Gasteiger partial charge in [-0.05, 0) is 29.8 Å². The molecule has 3 heterocycles. The zero-order valence-electron chi connectivity index (χ0n) is 17.5. The molecule has 2 aliphatic rings. The van der Waals surface area contributed by atoms with Gasteiger partial charge in [-0.2, -0.15) is 0 Å². The maximum Gasteiger partial charge on any atom is 0.322 e. The smallest absolute Gasteiger partial charge is 0.322 e. The Hall–Kier alpha value is -3.99. The molecule has 0 spiro atoms. The van der Waals surface area contributed by atoms with Gasteiger partial charge >= 0.3 is 6.03 Å². The minimum absolute atomic E-state index is 0.159. The molecular weight excluding hydrogens is 446 g/mol. The minimum Gasteiger partial charge on any atom is -0.497 e. The lowest BCUT2D eigenvalue weighted by Crippen LogP contribution is -2.57. The van der Waals surface area contributed by atoms with Crippen molar-refractivity contribution in [3.05, 3.63) is 53.6 Å². The number of para-hydroxylation sites is 1. The number of anilines is 1. The molecule has 3 N–H and O–H groups in total. The van der Waals surface area contributed by atoms with Crippen LogP contribution in [0.2, 0.25) is 0 Å². The van der Waals surface area contributed by atoms with Crippen LogP contribution in [0.3, 0.4) is 0 Å². The molecule has 168 valence electrons.